The minimum Gasteiger partial charge on any atom is -0.360 e. The van der Waals surface area contributed by atoms with Crippen LogP contribution in [-0.4, -0.2) is 36.9 Å². The van der Waals surface area contributed by atoms with Crippen molar-refractivity contribution in [3.63, 3.8) is 0 Å². The van der Waals surface area contributed by atoms with Crippen LogP contribution >= 0.6 is 11.3 Å². The van der Waals surface area contributed by atoms with Crippen molar-refractivity contribution < 1.29 is 17.7 Å². The minimum absolute atomic E-state index is 0.268. The molecule has 1 fully saturated rings. The molecule has 23 heavy (non-hydrogen) atoms. The van der Waals surface area contributed by atoms with E-state index in [0.717, 1.165) is 9.18 Å². The van der Waals surface area contributed by atoms with Crippen molar-refractivity contribution in [1.82, 2.24) is 14.2 Å². The van der Waals surface area contributed by atoms with Gasteiger partial charge < -0.3 is 9.84 Å². The first-order chi connectivity index (χ1) is 10.9. The second kappa shape index (κ2) is 6.04. The first-order valence-electron chi connectivity index (χ1n) is 6.89. The number of amides is 1. The first kappa shape index (κ1) is 16.1. The first-order valence-corrected chi connectivity index (χ1v) is 9.21. The van der Waals surface area contributed by atoms with Gasteiger partial charge in [0.2, 0.25) is 5.91 Å². The molecule has 1 amide bonds. The zero-order chi connectivity index (χ0) is 16.6. The van der Waals surface area contributed by atoms with Gasteiger partial charge in [0.25, 0.3) is 10.2 Å². The lowest BCUT2D eigenvalue weighted by Crippen LogP contribution is -2.55. The van der Waals surface area contributed by atoms with Gasteiger partial charge in [-0.3, -0.25) is 4.79 Å². The average molecular weight is 356 g/mol. The second-order valence-electron chi connectivity index (χ2n) is 5.27. The third kappa shape index (κ3) is 3.29. The van der Waals surface area contributed by atoms with E-state index in [4.69, 9.17) is 4.52 Å². The third-order valence-corrected chi connectivity index (χ3v) is 6.22. The molecule has 2 N–H and O–H groups in total. The molecule has 3 heterocycles. The van der Waals surface area contributed by atoms with Crippen LogP contribution in [0.15, 0.2) is 28.1 Å². The molecule has 3 rings (SSSR count). The van der Waals surface area contributed by atoms with E-state index in [9.17, 15) is 13.2 Å². The molecule has 2 aromatic heterocycles. The van der Waals surface area contributed by atoms with Gasteiger partial charge in [0.1, 0.15) is 11.8 Å². The fourth-order valence-corrected chi connectivity index (χ4v) is 4.55. The van der Waals surface area contributed by atoms with Gasteiger partial charge in [-0.1, -0.05) is 11.2 Å². The molecule has 0 bridgehead atoms. The smallest absolute Gasteiger partial charge is 0.280 e. The number of aryl methyl sites for hydroxylation is 1. The van der Waals surface area contributed by atoms with Crippen molar-refractivity contribution >= 4 is 33.3 Å². The van der Waals surface area contributed by atoms with Crippen LogP contribution < -0.4 is 10.0 Å². The summed E-state index contributed by atoms with van der Waals surface area (Å²) in [7, 11) is -2.35. The summed E-state index contributed by atoms with van der Waals surface area (Å²) in [6, 6.07) is 4.01. The second-order valence-corrected chi connectivity index (χ2v) is 8.01. The van der Waals surface area contributed by atoms with Gasteiger partial charge in [-0.2, -0.15) is 17.4 Å². The van der Waals surface area contributed by atoms with E-state index >= 15 is 0 Å². The maximum Gasteiger partial charge on any atom is 0.280 e. The topological polar surface area (TPSA) is 105 Å². The van der Waals surface area contributed by atoms with Gasteiger partial charge in [-0.05, 0) is 24.8 Å². The summed E-state index contributed by atoms with van der Waals surface area (Å²) in [4.78, 5) is 13.3. The van der Waals surface area contributed by atoms with Crippen LogP contribution in [0, 0.1) is 6.92 Å². The molecule has 0 radical (unpaired) electrons. The largest absolute Gasteiger partial charge is 0.360 e. The summed E-state index contributed by atoms with van der Waals surface area (Å²) in [5.41, 5.74) is 0. The molecule has 0 aromatic carbocycles. The number of rotatable bonds is 3. The molecular formula is C13H16N4O4S2. The zero-order valence-electron chi connectivity index (χ0n) is 12.5. The van der Waals surface area contributed by atoms with Gasteiger partial charge in [-0.25, -0.2) is 0 Å². The van der Waals surface area contributed by atoms with E-state index in [0.29, 0.717) is 12.2 Å². The van der Waals surface area contributed by atoms with Gasteiger partial charge in [0.15, 0.2) is 5.82 Å². The molecule has 2 atom stereocenters. The number of aromatic nitrogens is 1. The fraction of sp³-hybridized carbons (Fsp3) is 0.385. The average Bonchev–Trinajstić information content (AvgIpc) is 3.13. The Morgan fingerprint density at radius 2 is 2.35 bits per heavy atom. The number of nitrogens with zero attached hydrogens (tertiary/aromatic N) is 2. The standard InChI is InChI=1S/C13H16N4O4S2/c1-8-6-12(15-21-8)14-13(18)10-7-9(11-4-3-5-22-11)16-23(19,20)17(10)2/h3-6,9-10,16H,7H2,1-2H3,(H,14,15,18)/t9-,10+/m0/s1. The molecule has 1 aliphatic rings. The number of carbonyl (C=O) groups excluding carboxylic acids is 1. The molecule has 0 spiro atoms. The summed E-state index contributed by atoms with van der Waals surface area (Å²) in [6.07, 6.45) is 0.332. The Morgan fingerprint density at radius 3 is 2.96 bits per heavy atom. The van der Waals surface area contributed by atoms with Crippen LogP contribution in [-0.2, 0) is 15.0 Å². The van der Waals surface area contributed by atoms with Crippen LogP contribution in [0.5, 0.6) is 0 Å². The molecule has 1 saturated heterocycles. The van der Waals surface area contributed by atoms with Crippen molar-refractivity contribution in [2.75, 3.05) is 12.4 Å². The highest BCUT2D eigenvalue weighted by Crippen LogP contribution is 2.30. The summed E-state index contributed by atoms with van der Waals surface area (Å²) in [5.74, 6) is 0.389. The van der Waals surface area contributed by atoms with E-state index in [1.807, 2.05) is 17.5 Å². The highest BCUT2D eigenvalue weighted by Gasteiger charge is 2.41. The quantitative estimate of drug-likeness (QED) is 0.861. The monoisotopic (exact) mass is 356 g/mol. The van der Waals surface area contributed by atoms with E-state index in [-0.39, 0.29) is 5.82 Å². The number of thiophene rings is 1. The molecule has 1 aliphatic heterocycles. The van der Waals surface area contributed by atoms with Crippen molar-refractivity contribution in [2.24, 2.45) is 0 Å². The molecule has 8 nitrogen and oxygen atoms in total. The summed E-state index contributed by atoms with van der Waals surface area (Å²) >= 11 is 1.45. The maximum absolute atomic E-state index is 12.5. The van der Waals surface area contributed by atoms with Crippen LogP contribution in [0.25, 0.3) is 0 Å². The number of hydrogen-bond donors (Lipinski definition) is 2. The van der Waals surface area contributed by atoms with Crippen LogP contribution in [0.3, 0.4) is 0 Å². The molecular weight excluding hydrogens is 340 g/mol. The molecule has 0 saturated carbocycles. The molecule has 10 heteroatoms. The maximum atomic E-state index is 12.5. The van der Waals surface area contributed by atoms with Crippen molar-refractivity contribution in [3.8, 4) is 0 Å². The highest BCUT2D eigenvalue weighted by molar-refractivity contribution is 7.87. The zero-order valence-corrected chi connectivity index (χ0v) is 14.1. The van der Waals surface area contributed by atoms with Gasteiger partial charge in [-0.15, -0.1) is 11.3 Å². The van der Waals surface area contributed by atoms with Gasteiger partial charge >= 0.3 is 0 Å². The Hall–Kier alpha value is -1.75. The highest BCUT2D eigenvalue weighted by atomic mass is 32.2. The molecule has 2 aromatic rings. The predicted octanol–water partition coefficient (Wildman–Crippen LogP) is 1.26. The fourth-order valence-electron chi connectivity index (χ4n) is 2.42. The van der Waals surface area contributed by atoms with Gasteiger partial charge in [0, 0.05) is 18.0 Å². The van der Waals surface area contributed by atoms with E-state index in [2.05, 4.69) is 15.2 Å². The molecule has 124 valence electrons. The van der Waals surface area contributed by atoms with Crippen molar-refractivity contribution in [3.05, 3.63) is 34.2 Å². The summed E-state index contributed by atoms with van der Waals surface area (Å²) in [5, 5.41) is 8.15. The molecule has 0 aliphatic carbocycles. The van der Waals surface area contributed by atoms with Gasteiger partial charge in [0.05, 0.1) is 6.04 Å². The third-order valence-electron chi connectivity index (χ3n) is 3.64. The number of nitrogens with one attached hydrogen (secondary N) is 2. The lowest BCUT2D eigenvalue weighted by molar-refractivity contribution is -0.120. The van der Waals surface area contributed by atoms with E-state index in [1.165, 1.54) is 18.4 Å². The summed E-state index contributed by atoms with van der Waals surface area (Å²) in [6.45, 7) is 1.70. The number of hydrogen-bond acceptors (Lipinski definition) is 6. The molecule has 0 unspecified atom stereocenters. The number of carbonyl (C=O) groups is 1. The van der Waals surface area contributed by atoms with E-state index < -0.39 is 28.2 Å². The Morgan fingerprint density at radius 1 is 1.57 bits per heavy atom. The van der Waals surface area contributed by atoms with Crippen molar-refractivity contribution in [2.45, 2.75) is 25.4 Å². The Bertz CT molecular complexity index is 800. The predicted molar refractivity (Wildman–Crippen MR) is 85.2 cm³/mol. The normalized spacial score (nSPS) is 24.4. The Labute approximate surface area is 137 Å². The SMILES string of the molecule is Cc1cc(NC(=O)[C@H]2C[C@@H](c3cccs3)NS(=O)(=O)N2C)no1. The van der Waals surface area contributed by atoms with Crippen molar-refractivity contribution in [1.29, 1.82) is 0 Å². The number of likely N-dealkylation sites (N-methyl/N-ethyl adjacent to an activating group) is 1. The summed E-state index contributed by atoms with van der Waals surface area (Å²) < 4.78 is 33.1. The Balaban J connectivity index is 1.82. The minimum atomic E-state index is -3.73. The van der Waals surface area contributed by atoms with Crippen LogP contribution in [0.1, 0.15) is 23.1 Å². The lowest BCUT2D eigenvalue weighted by Gasteiger charge is -2.35. The van der Waals surface area contributed by atoms with Crippen LogP contribution in [0.2, 0.25) is 0 Å². The number of anilines is 1. The van der Waals surface area contributed by atoms with Crippen LogP contribution in [0.4, 0.5) is 5.82 Å². The van der Waals surface area contributed by atoms with E-state index in [1.54, 1.807) is 13.0 Å². The Kier molecular flexibility index (Phi) is 4.23. The lowest BCUT2D eigenvalue weighted by atomic mass is 10.1.